The molecule has 1 amide bonds. The van der Waals surface area contributed by atoms with Gasteiger partial charge in [0, 0.05) is 18.7 Å². The quantitative estimate of drug-likeness (QED) is 0.603. The number of fused-ring (bicyclic) bond motifs is 3. The highest BCUT2D eigenvalue weighted by molar-refractivity contribution is 5.89. The van der Waals surface area contributed by atoms with Crippen molar-refractivity contribution in [2.45, 2.75) is 19.9 Å². The lowest BCUT2D eigenvalue weighted by atomic mass is 10.2. The molecule has 0 unspecified atom stereocenters. The monoisotopic (exact) mass is 365 g/mol. The van der Waals surface area contributed by atoms with Gasteiger partial charge in [-0.3, -0.25) is 9.59 Å². The van der Waals surface area contributed by atoms with Crippen molar-refractivity contribution in [3.05, 3.63) is 70.5 Å². The molecule has 0 atom stereocenters. The van der Waals surface area contributed by atoms with Crippen molar-refractivity contribution < 1.29 is 9.18 Å². The van der Waals surface area contributed by atoms with Gasteiger partial charge in [-0.05, 0) is 43.3 Å². The third kappa shape index (κ3) is 3.17. The number of nitrogens with one attached hydrogen (secondary N) is 1. The predicted octanol–water partition coefficient (Wildman–Crippen LogP) is 2.52. The molecule has 0 fully saturated rings. The number of hydrogen-bond acceptors (Lipinski definition) is 4. The number of hydrogen-bond donors (Lipinski definition) is 1. The summed E-state index contributed by atoms with van der Waals surface area (Å²) in [5, 5.41) is 6.84. The molecular formula is C19H16FN5O2. The Morgan fingerprint density at radius 1 is 1.15 bits per heavy atom. The molecule has 0 radical (unpaired) electrons. The van der Waals surface area contributed by atoms with Crippen LogP contribution in [0.1, 0.15) is 12.1 Å². The second-order valence-electron chi connectivity index (χ2n) is 6.18. The highest BCUT2D eigenvalue weighted by Gasteiger charge is 2.13. The van der Waals surface area contributed by atoms with E-state index in [-0.39, 0.29) is 24.4 Å². The fraction of sp³-hybridized carbons (Fsp3) is 0.158. The zero-order valence-corrected chi connectivity index (χ0v) is 14.5. The maximum absolute atomic E-state index is 13.8. The van der Waals surface area contributed by atoms with E-state index in [2.05, 4.69) is 15.4 Å². The Kier molecular flexibility index (Phi) is 4.15. The number of amides is 1. The Bertz CT molecular complexity index is 1230. The standard InChI is InChI=1S/C19H16FN5O2/c1-12-3-2-4-17(22-12)23-18(26)8-10-24-16-11-13(20)5-6-14(16)25-15(19(24)27)7-9-21-25/h2-7,9,11H,8,10H2,1H3,(H,22,23,26). The molecule has 1 N–H and O–H groups in total. The molecule has 0 aliphatic heterocycles. The summed E-state index contributed by atoms with van der Waals surface area (Å²) in [6, 6.07) is 11.1. The fourth-order valence-corrected chi connectivity index (χ4v) is 3.05. The van der Waals surface area contributed by atoms with Crippen molar-refractivity contribution in [2.24, 2.45) is 0 Å². The second-order valence-corrected chi connectivity index (χ2v) is 6.18. The second kappa shape index (κ2) is 6.64. The van der Waals surface area contributed by atoms with Crippen LogP contribution in [0, 0.1) is 12.7 Å². The number of carbonyl (C=O) groups is 1. The molecule has 0 saturated heterocycles. The molecule has 3 aromatic heterocycles. The van der Waals surface area contributed by atoms with Crippen LogP contribution >= 0.6 is 0 Å². The molecule has 0 aliphatic rings. The molecule has 1 aromatic carbocycles. The van der Waals surface area contributed by atoms with E-state index in [9.17, 15) is 14.0 Å². The molecule has 0 saturated carbocycles. The maximum atomic E-state index is 13.8. The van der Waals surface area contributed by atoms with Crippen LogP contribution in [0.4, 0.5) is 10.2 Å². The van der Waals surface area contributed by atoms with Gasteiger partial charge in [0.25, 0.3) is 5.56 Å². The zero-order valence-electron chi connectivity index (χ0n) is 14.5. The summed E-state index contributed by atoms with van der Waals surface area (Å²) in [5.74, 6) is -0.289. The van der Waals surface area contributed by atoms with Crippen LogP contribution in [0.15, 0.2) is 53.5 Å². The van der Waals surface area contributed by atoms with Crippen LogP contribution in [0.3, 0.4) is 0 Å². The van der Waals surface area contributed by atoms with Crippen LogP contribution < -0.4 is 10.9 Å². The van der Waals surface area contributed by atoms with E-state index >= 15 is 0 Å². The summed E-state index contributed by atoms with van der Waals surface area (Å²) in [6.45, 7) is 1.94. The van der Waals surface area contributed by atoms with Crippen LogP contribution in [-0.4, -0.2) is 25.1 Å². The molecule has 7 nitrogen and oxygen atoms in total. The number of aryl methyl sites for hydroxylation is 2. The molecule has 4 rings (SSSR count). The van der Waals surface area contributed by atoms with E-state index in [0.717, 1.165) is 5.69 Å². The Labute approximate surface area is 153 Å². The first-order valence-electron chi connectivity index (χ1n) is 8.42. The maximum Gasteiger partial charge on any atom is 0.277 e. The topological polar surface area (TPSA) is 81.3 Å². The number of aromatic nitrogens is 4. The lowest BCUT2D eigenvalue weighted by Crippen LogP contribution is -2.25. The number of nitrogens with zero attached hydrogens (tertiary/aromatic N) is 4. The van der Waals surface area contributed by atoms with E-state index in [0.29, 0.717) is 22.4 Å². The Morgan fingerprint density at radius 3 is 2.81 bits per heavy atom. The van der Waals surface area contributed by atoms with E-state index in [1.165, 1.54) is 27.4 Å². The number of anilines is 1. The molecule has 8 heteroatoms. The average molecular weight is 365 g/mol. The van der Waals surface area contributed by atoms with Crippen molar-refractivity contribution in [3.8, 4) is 0 Å². The van der Waals surface area contributed by atoms with Gasteiger partial charge in [-0.25, -0.2) is 13.9 Å². The van der Waals surface area contributed by atoms with Gasteiger partial charge in [0.15, 0.2) is 0 Å². The van der Waals surface area contributed by atoms with Crippen LogP contribution in [-0.2, 0) is 11.3 Å². The Morgan fingerprint density at radius 2 is 2.00 bits per heavy atom. The fourth-order valence-electron chi connectivity index (χ4n) is 3.05. The SMILES string of the molecule is Cc1cccc(NC(=O)CCn2c(=O)c3ccnn3c3ccc(F)cc32)n1. The van der Waals surface area contributed by atoms with Crippen molar-refractivity contribution >= 4 is 28.3 Å². The molecule has 0 spiro atoms. The van der Waals surface area contributed by atoms with Crippen LogP contribution in [0.25, 0.3) is 16.6 Å². The molecule has 0 bridgehead atoms. The summed E-state index contributed by atoms with van der Waals surface area (Å²) in [7, 11) is 0. The molecular weight excluding hydrogens is 349 g/mol. The minimum absolute atomic E-state index is 0.0471. The minimum atomic E-state index is -0.462. The Hall–Kier alpha value is -3.55. The first kappa shape index (κ1) is 16.9. The smallest absolute Gasteiger partial charge is 0.277 e. The molecule has 3 heterocycles. The first-order valence-corrected chi connectivity index (χ1v) is 8.42. The van der Waals surface area contributed by atoms with Gasteiger partial charge in [-0.2, -0.15) is 5.10 Å². The van der Waals surface area contributed by atoms with Crippen molar-refractivity contribution in [2.75, 3.05) is 5.32 Å². The minimum Gasteiger partial charge on any atom is -0.311 e. The zero-order chi connectivity index (χ0) is 19.0. The Balaban J connectivity index is 1.66. The summed E-state index contributed by atoms with van der Waals surface area (Å²) in [6.07, 6.45) is 1.56. The van der Waals surface area contributed by atoms with Gasteiger partial charge in [0.05, 0.1) is 17.2 Å². The summed E-state index contributed by atoms with van der Waals surface area (Å²) in [5.41, 5.74) is 1.81. The first-order chi connectivity index (χ1) is 13.0. The number of pyridine rings is 1. The van der Waals surface area contributed by atoms with Crippen molar-refractivity contribution in [3.63, 3.8) is 0 Å². The van der Waals surface area contributed by atoms with Gasteiger partial charge in [-0.15, -0.1) is 0 Å². The summed E-state index contributed by atoms with van der Waals surface area (Å²) < 4.78 is 16.6. The van der Waals surface area contributed by atoms with Gasteiger partial charge < -0.3 is 9.88 Å². The van der Waals surface area contributed by atoms with Crippen LogP contribution in [0.2, 0.25) is 0 Å². The van der Waals surface area contributed by atoms with E-state index in [1.54, 1.807) is 24.3 Å². The highest BCUT2D eigenvalue weighted by atomic mass is 19.1. The lowest BCUT2D eigenvalue weighted by Gasteiger charge is -2.12. The predicted molar refractivity (Wildman–Crippen MR) is 99.1 cm³/mol. The van der Waals surface area contributed by atoms with E-state index in [1.807, 2.05) is 13.0 Å². The molecule has 4 aromatic rings. The molecule has 136 valence electrons. The van der Waals surface area contributed by atoms with Crippen molar-refractivity contribution in [1.82, 2.24) is 19.2 Å². The largest absolute Gasteiger partial charge is 0.311 e. The number of halogens is 1. The lowest BCUT2D eigenvalue weighted by molar-refractivity contribution is -0.116. The number of rotatable bonds is 4. The van der Waals surface area contributed by atoms with E-state index < -0.39 is 5.82 Å². The van der Waals surface area contributed by atoms with Gasteiger partial charge in [0.2, 0.25) is 5.91 Å². The van der Waals surface area contributed by atoms with Gasteiger partial charge >= 0.3 is 0 Å². The summed E-state index contributed by atoms with van der Waals surface area (Å²) in [4.78, 5) is 29.3. The van der Waals surface area contributed by atoms with Crippen LogP contribution in [0.5, 0.6) is 0 Å². The molecule has 0 aliphatic carbocycles. The number of benzene rings is 1. The average Bonchev–Trinajstić information content (AvgIpc) is 3.11. The third-order valence-electron chi connectivity index (χ3n) is 4.28. The van der Waals surface area contributed by atoms with Gasteiger partial charge in [-0.1, -0.05) is 6.07 Å². The van der Waals surface area contributed by atoms with Crippen molar-refractivity contribution in [1.29, 1.82) is 0 Å². The third-order valence-corrected chi connectivity index (χ3v) is 4.28. The molecule has 27 heavy (non-hydrogen) atoms. The summed E-state index contributed by atoms with van der Waals surface area (Å²) >= 11 is 0. The van der Waals surface area contributed by atoms with Gasteiger partial charge in [0.1, 0.15) is 17.2 Å². The van der Waals surface area contributed by atoms with E-state index in [4.69, 9.17) is 0 Å². The highest BCUT2D eigenvalue weighted by Crippen LogP contribution is 2.16. The number of carbonyl (C=O) groups excluding carboxylic acids is 1. The normalized spacial score (nSPS) is 11.2.